The van der Waals surface area contributed by atoms with E-state index in [0.717, 1.165) is 5.75 Å². The molecule has 1 fully saturated rings. The molecule has 1 aliphatic rings. The highest BCUT2D eigenvalue weighted by Gasteiger charge is 2.29. The summed E-state index contributed by atoms with van der Waals surface area (Å²) in [6.45, 7) is 0.391. The monoisotopic (exact) mass is 478 g/mol. The molecule has 11 heteroatoms. The number of carbonyl (C=O) groups excluding carboxylic acids is 1. The van der Waals surface area contributed by atoms with Gasteiger partial charge in [0.25, 0.3) is 0 Å². The zero-order valence-corrected chi connectivity index (χ0v) is 19.0. The summed E-state index contributed by atoms with van der Waals surface area (Å²) >= 11 is 1.65. The van der Waals surface area contributed by atoms with Gasteiger partial charge in [0.2, 0.25) is 0 Å². The van der Waals surface area contributed by atoms with Crippen LogP contribution in [0.15, 0.2) is 58.4 Å². The summed E-state index contributed by atoms with van der Waals surface area (Å²) < 4.78 is 35.6. The van der Waals surface area contributed by atoms with Crippen molar-refractivity contribution in [1.82, 2.24) is 0 Å². The molecular weight excluding hydrogens is 452 g/mol. The third-order valence-corrected chi connectivity index (χ3v) is 7.55. The lowest BCUT2D eigenvalue weighted by molar-refractivity contribution is -0.136. The Morgan fingerprint density at radius 2 is 1.62 bits per heavy atom. The summed E-state index contributed by atoms with van der Waals surface area (Å²) in [6.07, 6.45) is 0.947. The van der Waals surface area contributed by atoms with Crippen molar-refractivity contribution in [2.45, 2.75) is 29.0 Å². The maximum Gasteiger partial charge on any atom is 0.328 e. The zero-order valence-electron chi connectivity index (χ0n) is 17.3. The fraction of sp³-hybridized carbons (Fsp3) is 0.333. The number of ether oxygens (including phenoxy) is 2. The molecule has 2 atom stereocenters. The first-order chi connectivity index (χ1) is 15.2. The zero-order chi connectivity index (χ0) is 23.1. The number of aliphatic imine (C=N–C) groups is 1. The summed E-state index contributed by atoms with van der Waals surface area (Å²) in [7, 11) is -3.27. The molecule has 0 amide bonds. The number of nitrogens with zero attached hydrogens (tertiary/aromatic N) is 1. The molecule has 2 unspecified atom stereocenters. The maximum absolute atomic E-state index is 12.3. The molecule has 9 nitrogen and oxygen atoms in total. The Morgan fingerprint density at radius 1 is 1.06 bits per heavy atom. The average Bonchev–Trinajstić information content (AvgIpc) is 3.56. The van der Waals surface area contributed by atoms with Crippen LogP contribution < -0.4 is 26.7 Å². The Labute approximate surface area is 191 Å². The molecule has 3 rings (SSSR count). The number of nitrogens with two attached hydrogens (primary N) is 3. The first kappa shape index (κ1) is 23.9. The summed E-state index contributed by atoms with van der Waals surface area (Å²) in [4.78, 5) is 16.2. The van der Waals surface area contributed by atoms with Gasteiger partial charge in [-0.3, -0.25) is 4.99 Å². The van der Waals surface area contributed by atoms with Gasteiger partial charge in [0.15, 0.2) is 15.8 Å². The third kappa shape index (κ3) is 7.43. The summed E-state index contributed by atoms with van der Waals surface area (Å²) in [6, 6.07) is 12.0. The predicted octanol–water partition coefficient (Wildman–Crippen LogP) is 1.65. The first-order valence-electron chi connectivity index (χ1n) is 9.98. The SMILES string of the molecule is NC(N)=NCCCC(N)C(=O)Oc1ccc(Oc2ccc(S(=O)(=O)CC3CS3)cc2)cc1. The number of esters is 1. The summed E-state index contributed by atoms with van der Waals surface area (Å²) in [5.74, 6) is 1.85. The highest BCUT2D eigenvalue weighted by Crippen LogP contribution is 2.33. The van der Waals surface area contributed by atoms with Gasteiger partial charge < -0.3 is 26.7 Å². The lowest BCUT2D eigenvalue weighted by atomic mass is 10.2. The smallest absolute Gasteiger partial charge is 0.328 e. The van der Waals surface area contributed by atoms with E-state index in [2.05, 4.69) is 4.99 Å². The normalized spacial score (nSPS) is 16.1. The van der Waals surface area contributed by atoms with Crippen LogP contribution in [0.2, 0.25) is 0 Å². The largest absolute Gasteiger partial charge is 0.457 e. The van der Waals surface area contributed by atoms with E-state index in [1.807, 2.05) is 0 Å². The van der Waals surface area contributed by atoms with Crippen molar-refractivity contribution in [3.05, 3.63) is 48.5 Å². The second-order valence-corrected chi connectivity index (χ2v) is 10.6. The van der Waals surface area contributed by atoms with E-state index < -0.39 is 21.8 Å². The second-order valence-electron chi connectivity index (χ2n) is 7.26. The van der Waals surface area contributed by atoms with Crippen LogP contribution in [0.25, 0.3) is 0 Å². The van der Waals surface area contributed by atoms with E-state index in [1.54, 1.807) is 60.3 Å². The fourth-order valence-electron chi connectivity index (χ4n) is 2.76. The standard InChI is InChI=1S/C21H26N4O5S2/c22-19(2-1-11-25-21(23)24)20(26)30-16-5-3-14(4-6-16)29-15-7-9-18(10-8-15)32(27,28)13-17-12-31-17/h3-10,17,19H,1-2,11-13,22H2,(H4,23,24,25). The van der Waals surface area contributed by atoms with Crippen molar-refractivity contribution in [2.24, 2.45) is 22.2 Å². The van der Waals surface area contributed by atoms with Gasteiger partial charge in [-0.2, -0.15) is 11.8 Å². The van der Waals surface area contributed by atoms with Gasteiger partial charge in [-0.1, -0.05) is 0 Å². The van der Waals surface area contributed by atoms with Crippen LogP contribution >= 0.6 is 11.8 Å². The van der Waals surface area contributed by atoms with Crippen molar-refractivity contribution in [2.75, 3.05) is 18.1 Å². The molecule has 172 valence electrons. The minimum atomic E-state index is -3.27. The van der Waals surface area contributed by atoms with E-state index >= 15 is 0 Å². The van der Waals surface area contributed by atoms with E-state index in [0.29, 0.717) is 36.6 Å². The molecule has 6 N–H and O–H groups in total. The highest BCUT2D eigenvalue weighted by molar-refractivity contribution is 8.08. The summed E-state index contributed by atoms with van der Waals surface area (Å²) in [5.41, 5.74) is 16.3. The molecule has 0 spiro atoms. The van der Waals surface area contributed by atoms with Crippen molar-refractivity contribution in [3.8, 4) is 17.2 Å². The molecule has 1 saturated heterocycles. The van der Waals surface area contributed by atoms with Gasteiger partial charge in [-0.25, -0.2) is 13.2 Å². The maximum atomic E-state index is 12.3. The van der Waals surface area contributed by atoms with Crippen LogP contribution in [-0.2, 0) is 14.6 Å². The number of guanidine groups is 1. The van der Waals surface area contributed by atoms with Gasteiger partial charge in [0, 0.05) is 17.5 Å². The van der Waals surface area contributed by atoms with E-state index in [9.17, 15) is 13.2 Å². The molecular formula is C21H26N4O5S2. The van der Waals surface area contributed by atoms with E-state index in [4.69, 9.17) is 26.7 Å². The lowest BCUT2D eigenvalue weighted by Gasteiger charge is -2.11. The molecule has 0 aromatic heterocycles. The quantitative estimate of drug-likeness (QED) is 0.109. The Bertz CT molecular complexity index is 1050. The lowest BCUT2D eigenvalue weighted by Crippen LogP contribution is -2.34. The Kier molecular flexibility index (Phi) is 7.99. The number of thioether (sulfide) groups is 1. The van der Waals surface area contributed by atoms with Crippen molar-refractivity contribution >= 4 is 33.5 Å². The number of sulfone groups is 1. The molecule has 2 aromatic carbocycles. The number of hydrogen-bond acceptors (Lipinski definition) is 8. The van der Waals surface area contributed by atoms with Crippen LogP contribution in [0.5, 0.6) is 17.2 Å². The topological polar surface area (TPSA) is 160 Å². The average molecular weight is 479 g/mol. The summed E-state index contributed by atoms with van der Waals surface area (Å²) in [5, 5.41) is 0.211. The van der Waals surface area contributed by atoms with Crippen molar-refractivity contribution in [1.29, 1.82) is 0 Å². The van der Waals surface area contributed by atoms with Crippen LogP contribution in [-0.4, -0.2) is 49.7 Å². The Hall–Kier alpha value is -2.76. The highest BCUT2D eigenvalue weighted by atomic mass is 32.2. The molecule has 2 aromatic rings. The molecule has 0 aliphatic carbocycles. The third-order valence-electron chi connectivity index (χ3n) is 4.54. The van der Waals surface area contributed by atoms with Crippen LogP contribution in [0.4, 0.5) is 0 Å². The first-order valence-corrected chi connectivity index (χ1v) is 12.7. The molecule has 0 bridgehead atoms. The second kappa shape index (κ2) is 10.7. The van der Waals surface area contributed by atoms with Gasteiger partial charge in [-0.15, -0.1) is 0 Å². The fourth-order valence-corrected chi connectivity index (χ4v) is 5.44. The van der Waals surface area contributed by atoms with E-state index in [1.165, 1.54) is 0 Å². The van der Waals surface area contributed by atoms with E-state index in [-0.39, 0.29) is 21.9 Å². The Morgan fingerprint density at radius 3 is 2.19 bits per heavy atom. The van der Waals surface area contributed by atoms with Crippen molar-refractivity contribution < 1.29 is 22.7 Å². The minimum Gasteiger partial charge on any atom is -0.457 e. The number of carbonyl (C=O) groups is 1. The molecule has 0 radical (unpaired) electrons. The predicted molar refractivity (Wildman–Crippen MR) is 125 cm³/mol. The Balaban J connectivity index is 1.50. The molecule has 32 heavy (non-hydrogen) atoms. The van der Waals surface area contributed by atoms with Crippen LogP contribution in [0, 0.1) is 0 Å². The minimum absolute atomic E-state index is 0.00260. The van der Waals surface area contributed by atoms with Crippen molar-refractivity contribution in [3.63, 3.8) is 0 Å². The van der Waals surface area contributed by atoms with Crippen LogP contribution in [0.1, 0.15) is 12.8 Å². The molecule has 1 heterocycles. The van der Waals surface area contributed by atoms with Gasteiger partial charge >= 0.3 is 5.97 Å². The van der Waals surface area contributed by atoms with Gasteiger partial charge in [0.05, 0.1) is 10.6 Å². The number of benzene rings is 2. The number of hydrogen-bond donors (Lipinski definition) is 3. The molecule has 0 saturated carbocycles. The van der Waals surface area contributed by atoms with Gasteiger partial charge in [0.1, 0.15) is 23.3 Å². The number of rotatable bonds is 11. The van der Waals surface area contributed by atoms with Gasteiger partial charge in [-0.05, 0) is 61.4 Å². The van der Waals surface area contributed by atoms with Crippen LogP contribution in [0.3, 0.4) is 0 Å². The molecule has 1 aliphatic heterocycles.